The van der Waals surface area contributed by atoms with Crippen LogP contribution in [0.15, 0.2) is 42.5 Å². The topological polar surface area (TPSA) is 73.9 Å². The van der Waals surface area contributed by atoms with Crippen molar-refractivity contribution >= 4 is 17.9 Å². The highest BCUT2D eigenvalue weighted by Crippen LogP contribution is 2.32. The SMILES string of the molecule is O=Cc1ccccc1OCC(=O)Nc1ccc2c(c1)OCCCO2. The number of nitrogens with one attached hydrogen (secondary N) is 1. The maximum absolute atomic E-state index is 12.0. The highest BCUT2D eigenvalue weighted by Gasteiger charge is 2.12. The molecular weight excluding hydrogens is 310 g/mol. The minimum absolute atomic E-state index is 0.195. The molecule has 2 aromatic rings. The van der Waals surface area contributed by atoms with Crippen molar-refractivity contribution in [2.45, 2.75) is 6.42 Å². The molecule has 6 heteroatoms. The first-order chi connectivity index (χ1) is 11.8. The molecule has 1 amide bonds. The number of anilines is 1. The fourth-order valence-corrected chi connectivity index (χ4v) is 2.29. The summed E-state index contributed by atoms with van der Waals surface area (Å²) in [6, 6.07) is 12.0. The maximum Gasteiger partial charge on any atom is 0.262 e. The molecule has 0 radical (unpaired) electrons. The molecular formula is C18H17NO5. The summed E-state index contributed by atoms with van der Waals surface area (Å²) in [5, 5.41) is 2.73. The molecule has 24 heavy (non-hydrogen) atoms. The fourth-order valence-electron chi connectivity index (χ4n) is 2.29. The van der Waals surface area contributed by atoms with E-state index in [0.717, 1.165) is 6.42 Å². The molecule has 0 aliphatic carbocycles. The molecule has 1 aliphatic rings. The average molecular weight is 327 g/mol. The first-order valence-electron chi connectivity index (χ1n) is 7.63. The summed E-state index contributed by atoms with van der Waals surface area (Å²) in [4.78, 5) is 22.9. The number of benzene rings is 2. The lowest BCUT2D eigenvalue weighted by molar-refractivity contribution is -0.118. The van der Waals surface area contributed by atoms with Crippen LogP contribution in [0.25, 0.3) is 0 Å². The van der Waals surface area contributed by atoms with Crippen molar-refractivity contribution in [3.8, 4) is 17.2 Å². The lowest BCUT2D eigenvalue weighted by atomic mass is 10.2. The summed E-state index contributed by atoms with van der Waals surface area (Å²) in [5.41, 5.74) is 0.998. The second kappa shape index (κ2) is 7.50. The van der Waals surface area contributed by atoms with Crippen LogP contribution in [-0.4, -0.2) is 32.0 Å². The molecule has 0 spiro atoms. The number of rotatable bonds is 5. The molecule has 1 aliphatic heterocycles. The number of aldehydes is 1. The number of para-hydroxylation sites is 1. The highest BCUT2D eigenvalue weighted by molar-refractivity contribution is 5.92. The molecule has 0 atom stereocenters. The number of hydrogen-bond donors (Lipinski definition) is 1. The van der Waals surface area contributed by atoms with Crippen molar-refractivity contribution < 1.29 is 23.8 Å². The van der Waals surface area contributed by atoms with E-state index in [0.29, 0.717) is 48.0 Å². The van der Waals surface area contributed by atoms with Gasteiger partial charge in [0, 0.05) is 18.2 Å². The molecule has 0 aromatic heterocycles. The van der Waals surface area contributed by atoms with Crippen molar-refractivity contribution in [2.24, 2.45) is 0 Å². The van der Waals surface area contributed by atoms with E-state index in [1.165, 1.54) is 0 Å². The van der Waals surface area contributed by atoms with E-state index < -0.39 is 0 Å². The van der Waals surface area contributed by atoms with E-state index in [9.17, 15) is 9.59 Å². The smallest absolute Gasteiger partial charge is 0.262 e. The third-order valence-electron chi connectivity index (χ3n) is 3.44. The normalized spacial score (nSPS) is 12.8. The average Bonchev–Trinajstić information content (AvgIpc) is 2.85. The van der Waals surface area contributed by atoms with Crippen LogP contribution in [0.5, 0.6) is 17.2 Å². The molecule has 1 N–H and O–H groups in total. The molecule has 3 rings (SSSR count). The van der Waals surface area contributed by atoms with Gasteiger partial charge >= 0.3 is 0 Å². The first kappa shape index (κ1) is 15.9. The Morgan fingerprint density at radius 3 is 2.75 bits per heavy atom. The van der Waals surface area contributed by atoms with Gasteiger partial charge in [0.1, 0.15) is 5.75 Å². The number of carbonyl (C=O) groups is 2. The molecule has 124 valence electrons. The Kier molecular flexibility index (Phi) is 4.96. The van der Waals surface area contributed by atoms with Gasteiger partial charge in [-0.3, -0.25) is 9.59 Å². The van der Waals surface area contributed by atoms with Gasteiger partial charge in [-0.2, -0.15) is 0 Å². The minimum atomic E-state index is -0.329. The zero-order valence-electron chi connectivity index (χ0n) is 13.0. The molecule has 0 saturated heterocycles. The van der Waals surface area contributed by atoms with Crippen molar-refractivity contribution in [1.82, 2.24) is 0 Å². The Morgan fingerprint density at radius 1 is 1.12 bits per heavy atom. The summed E-state index contributed by atoms with van der Waals surface area (Å²) in [5.74, 6) is 1.32. The predicted octanol–water partition coefficient (Wildman–Crippen LogP) is 2.68. The molecule has 1 heterocycles. The van der Waals surface area contributed by atoms with Gasteiger partial charge in [0.15, 0.2) is 24.4 Å². The summed E-state index contributed by atoms with van der Waals surface area (Å²) < 4.78 is 16.5. The number of amides is 1. The zero-order chi connectivity index (χ0) is 16.8. The van der Waals surface area contributed by atoms with Crippen LogP contribution in [0, 0.1) is 0 Å². The number of hydrogen-bond acceptors (Lipinski definition) is 5. The van der Waals surface area contributed by atoms with Crippen LogP contribution in [0.2, 0.25) is 0 Å². The summed E-state index contributed by atoms with van der Waals surface area (Å²) in [6.07, 6.45) is 1.51. The van der Waals surface area contributed by atoms with E-state index in [1.54, 1.807) is 42.5 Å². The molecule has 0 bridgehead atoms. The van der Waals surface area contributed by atoms with E-state index in [-0.39, 0.29) is 12.5 Å². The Hall–Kier alpha value is -3.02. The number of carbonyl (C=O) groups excluding carboxylic acids is 2. The zero-order valence-corrected chi connectivity index (χ0v) is 13.0. The van der Waals surface area contributed by atoms with Gasteiger partial charge in [0.2, 0.25) is 0 Å². The largest absolute Gasteiger partial charge is 0.490 e. The minimum Gasteiger partial charge on any atom is -0.490 e. The van der Waals surface area contributed by atoms with Crippen LogP contribution in [0.3, 0.4) is 0 Å². The van der Waals surface area contributed by atoms with E-state index in [2.05, 4.69) is 5.32 Å². The number of fused-ring (bicyclic) bond motifs is 1. The van der Waals surface area contributed by atoms with Gasteiger partial charge in [0.05, 0.1) is 18.8 Å². The quantitative estimate of drug-likeness (QED) is 0.855. The lowest BCUT2D eigenvalue weighted by Crippen LogP contribution is -2.20. The summed E-state index contributed by atoms with van der Waals surface area (Å²) >= 11 is 0. The predicted molar refractivity (Wildman–Crippen MR) is 88.0 cm³/mol. The monoisotopic (exact) mass is 327 g/mol. The lowest BCUT2D eigenvalue weighted by Gasteiger charge is -2.11. The van der Waals surface area contributed by atoms with Gasteiger partial charge in [-0.05, 0) is 24.3 Å². The van der Waals surface area contributed by atoms with Gasteiger partial charge in [-0.1, -0.05) is 12.1 Å². The maximum atomic E-state index is 12.0. The van der Waals surface area contributed by atoms with Crippen LogP contribution in [0.1, 0.15) is 16.8 Å². The van der Waals surface area contributed by atoms with Gasteiger partial charge in [-0.25, -0.2) is 0 Å². The summed E-state index contributed by atoms with van der Waals surface area (Å²) in [6.45, 7) is 0.998. The molecule has 0 unspecified atom stereocenters. The van der Waals surface area contributed by atoms with Crippen LogP contribution >= 0.6 is 0 Å². The summed E-state index contributed by atoms with van der Waals surface area (Å²) in [7, 11) is 0. The van der Waals surface area contributed by atoms with E-state index >= 15 is 0 Å². The Bertz CT molecular complexity index is 744. The standard InChI is InChI=1S/C18H17NO5/c20-11-13-4-1-2-5-15(13)24-12-18(21)19-14-6-7-16-17(10-14)23-9-3-8-22-16/h1-2,4-7,10-11H,3,8-9,12H2,(H,19,21). The second-order valence-electron chi connectivity index (χ2n) is 5.20. The van der Waals surface area contributed by atoms with Crippen LogP contribution < -0.4 is 19.5 Å². The third-order valence-corrected chi connectivity index (χ3v) is 3.44. The van der Waals surface area contributed by atoms with E-state index in [1.807, 2.05) is 0 Å². The van der Waals surface area contributed by atoms with Gasteiger partial charge < -0.3 is 19.5 Å². The van der Waals surface area contributed by atoms with Crippen molar-refractivity contribution in [1.29, 1.82) is 0 Å². The van der Waals surface area contributed by atoms with Crippen LogP contribution in [0.4, 0.5) is 5.69 Å². The van der Waals surface area contributed by atoms with E-state index in [4.69, 9.17) is 14.2 Å². The molecule has 6 nitrogen and oxygen atoms in total. The van der Waals surface area contributed by atoms with Crippen molar-refractivity contribution in [3.05, 3.63) is 48.0 Å². The fraction of sp³-hybridized carbons (Fsp3) is 0.222. The highest BCUT2D eigenvalue weighted by atomic mass is 16.5. The Morgan fingerprint density at radius 2 is 1.92 bits per heavy atom. The van der Waals surface area contributed by atoms with Crippen molar-refractivity contribution in [2.75, 3.05) is 25.1 Å². The number of ether oxygens (including phenoxy) is 3. The molecule has 2 aromatic carbocycles. The van der Waals surface area contributed by atoms with Crippen LogP contribution in [-0.2, 0) is 4.79 Å². The Labute approximate surface area is 139 Å². The second-order valence-corrected chi connectivity index (χ2v) is 5.20. The Balaban J connectivity index is 1.61. The van der Waals surface area contributed by atoms with Gasteiger partial charge in [-0.15, -0.1) is 0 Å². The molecule has 0 fully saturated rings. The van der Waals surface area contributed by atoms with Gasteiger partial charge in [0.25, 0.3) is 5.91 Å². The third kappa shape index (κ3) is 3.84. The van der Waals surface area contributed by atoms with Crippen molar-refractivity contribution in [3.63, 3.8) is 0 Å². The molecule has 0 saturated carbocycles. The first-order valence-corrected chi connectivity index (χ1v) is 7.63.